The summed E-state index contributed by atoms with van der Waals surface area (Å²) in [5, 5.41) is 8.77. The molecule has 1 atom stereocenters. The van der Waals surface area contributed by atoms with Gasteiger partial charge >= 0.3 is 5.97 Å². The van der Waals surface area contributed by atoms with Crippen molar-refractivity contribution in [1.82, 2.24) is 0 Å². The number of carboxylic acid groups (broad SMARTS) is 1. The molecule has 1 aromatic rings. The lowest BCUT2D eigenvalue weighted by atomic mass is 9.94. The second-order valence-electron chi connectivity index (χ2n) is 4.47. The molecule has 0 saturated heterocycles. The number of benzene rings is 1. The van der Waals surface area contributed by atoms with Crippen LogP contribution in [0, 0.1) is 0 Å². The molecular formula is C13H17NO2. The zero-order valence-corrected chi connectivity index (χ0v) is 9.23. The summed E-state index contributed by atoms with van der Waals surface area (Å²) in [4.78, 5) is 10.7. The van der Waals surface area contributed by atoms with Gasteiger partial charge in [0.1, 0.15) is 0 Å². The maximum Gasteiger partial charge on any atom is 0.304 e. The molecule has 0 heterocycles. The van der Waals surface area contributed by atoms with Gasteiger partial charge < -0.3 is 10.8 Å². The van der Waals surface area contributed by atoms with E-state index in [9.17, 15) is 4.79 Å². The highest BCUT2D eigenvalue weighted by Gasteiger charge is 2.23. The summed E-state index contributed by atoms with van der Waals surface area (Å²) in [6, 6.07) is 8.26. The van der Waals surface area contributed by atoms with E-state index in [1.165, 1.54) is 18.4 Å². The standard InChI is InChI=1S/C13H17NO2/c14-8-12(7-13(15)16)11-5-3-10(4-6-11)9-1-2-9/h3-6,9,12H,1-2,7-8,14H2,(H,15,16). The summed E-state index contributed by atoms with van der Waals surface area (Å²) < 4.78 is 0. The molecule has 1 aromatic carbocycles. The van der Waals surface area contributed by atoms with Crippen molar-refractivity contribution in [2.24, 2.45) is 5.73 Å². The van der Waals surface area contributed by atoms with E-state index in [1.54, 1.807) is 0 Å². The number of nitrogens with two attached hydrogens (primary N) is 1. The fourth-order valence-electron chi connectivity index (χ4n) is 2.01. The molecule has 0 bridgehead atoms. The Morgan fingerprint density at radius 3 is 2.44 bits per heavy atom. The molecule has 1 saturated carbocycles. The minimum Gasteiger partial charge on any atom is -0.481 e. The van der Waals surface area contributed by atoms with Crippen molar-refractivity contribution in [3.63, 3.8) is 0 Å². The van der Waals surface area contributed by atoms with Gasteiger partial charge in [0, 0.05) is 5.92 Å². The molecule has 1 unspecified atom stereocenters. The number of rotatable bonds is 5. The predicted molar refractivity (Wildman–Crippen MR) is 62.5 cm³/mol. The first-order valence-corrected chi connectivity index (χ1v) is 5.72. The van der Waals surface area contributed by atoms with Crippen molar-refractivity contribution in [2.75, 3.05) is 6.54 Å². The topological polar surface area (TPSA) is 63.3 Å². The van der Waals surface area contributed by atoms with E-state index in [-0.39, 0.29) is 12.3 Å². The van der Waals surface area contributed by atoms with Crippen molar-refractivity contribution in [3.05, 3.63) is 35.4 Å². The van der Waals surface area contributed by atoms with E-state index >= 15 is 0 Å². The summed E-state index contributed by atoms with van der Waals surface area (Å²) in [5.74, 6) is -0.114. The monoisotopic (exact) mass is 219 g/mol. The Balaban J connectivity index is 2.08. The molecule has 16 heavy (non-hydrogen) atoms. The fraction of sp³-hybridized carbons (Fsp3) is 0.462. The Morgan fingerprint density at radius 1 is 1.38 bits per heavy atom. The molecule has 3 nitrogen and oxygen atoms in total. The molecular weight excluding hydrogens is 202 g/mol. The van der Waals surface area contributed by atoms with Gasteiger partial charge in [-0.3, -0.25) is 4.79 Å². The molecule has 2 rings (SSSR count). The quantitative estimate of drug-likeness (QED) is 0.797. The average Bonchev–Trinajstić information content (AvgIpc) is 3.10. The summed E-state index contributed by atoms with van der Waals surface area (Å²) in [6.07, 6.45) is 2.68. The van der Waals surface area contributed by atoms with Crippen LogP contribution in [0.5, 0.6) is 0 Å². The van der Waals surface area contributed by atoms with Crippen LogP contribution in [0.15, 0.2) is 24.3 Å². The highest BCUT2D eigenvalue weighted by atomic mass is 16.4. The van der Waals surface area contributed by atoms with Crippen molar-refractivity contribution in [1.29, 1.82) is 0 Å². The molecule has 86 valence electrons. The minimum absolute atomic E-state index is 0.0641. The smallest absolute Gasteiger partial charge is 0.304 e. The molecule has 0 spiro atoms. The molecule has 0 aromatic heterocycles. The van der Waals surface area contributed by atoms with Gasteiger partial charge in [0.05, 0.1) is 6.42 Å². The van der Waals surface area contributed by atoms with Gasteiger partial charge in [0.25, 0.3) is 0 Å². The Hall–Kier alpha value is -1.35. The average molecular weight is 219 g/mol. The highest BCUT2D eigenvalue weighted by molar-refractivity contribution is 5.68. The van der Waals surface area contributed by atoms with E-state index in [1.807, 2.05) is 12.1 Å². The van der Waals surface area contributed by atoms with Crippen molar-refractivity contribution in [2.45, 2.75) is 31.1 Å². The first-order valence-electron chi connectivity index (χ1n) is 5.72. The first kappa shape index (κ1) is 11.1. The van der Waals surface area contributed by atoms with Crippen LogP contribution in [0.1, 0.15) is 42.2 Å². The van der Waals surface area contributed by atoms with Crippen LogP contribution in [0.25, 0.3) is 0 Å². The van der Waals surface area contributed by atoms with Crippen molar-refractivity contribution < 1.29 is 9.90 Å². The van der Waals surface area contributed by atoms with Gasteiger partial charge in [0.2, 0.25) is 0 Å². The number of hydrogen-bond donors (Lipinski definition) is 2. The normalized spacial score (nSPS) is 17.1. The van der Waals surface area contributed by atoms with Crippen LogP contribution in [0.4, 0.5) is 0 Å². The number of carboxylic acids is 1. The molecule has 0 aliphatic heterocycles. The summed E-state index contributed by atoms with van der Waals surface area (Å²) in [7, 11) is 0. The maximum absolute atomic E-state index is 10.7. The number of hydrogen-bond acceptors (Lipinski definition) is 2. The third-order valence-electron chi connectivity index (χ3n) is 3.16. The fourth-order valence-corrected chi connectivity index (χ4v) is 2.01. The van der Waals surface area contributed by atoms with Crippen LogP contribution in [0.2, 0.25) is 0 Å². The molecule has 1 aliphatic carbocycles. The van der Waals surface area contributed by atoms with Crippen LogP contribution < -0.4 is 5.73 Å². The van der Waals surface area contributed by atoms with Gasteiger partial charge in [-0.15, -0.1) is 0 Å². The lowest BCUT2D eigenvalue weighted by molar-refractivity contribution is -0.137. The molecule has 3 N–H and O–H groups in total. The molecule has 3 heteroatoms. The Bertz CT molecular complexity index is 368. The lowest BCUT2D eigenvalue weighted by Crippen LogP contribution is -2.16. The zero-order chi connectivity index (χ0) is 11.5. The Labute approximate surface area is 95.3 Å². The summed E-state index contributed by atoms with van der Waals surface area (Å²) in [6.45, 7) is 0.384. The van der Waals surface area contributed by atoms with Crippen LogP contribution in [-0.2, 0) is 4.79 Å². The van der Waals surface area contributed by atoms with Gasteiger partial charge in [0.15, 0.2) is 0 Å². The minimum atomic E-state index is -0.790. The maximum atomic E-state index is 10.7. The van der Waals surface area contributed by atoms with E-state index in [0.717, 1.165) is 11.5 Å². The van der Waals surface area contributed by atoms with Crippen molar-refractivity contribution in [3.8, 4) is 0 Å². The van der Waals surface area contributed by atoms with Gasteiger partial charge in [-0.05, 0) is 36.4 Å². The zero-order valence-electron chi connectivity index (χ0n) is 9.23. The second-order valence-corrected chi connectivity index (χ2v) is 4.47. The van der Waals surface area contributed by atoms with Crippen LogP contribution in [-0.4, -0.2) is 17.6 Å². The first-order chi connectivity index (χ1) is 7.70. The van der Waals surface area contributed by atoms with Crippen LogP contribution in [0.3, 0.4) is 0 Å². The van der Waals surface area contributed by atoms with E-state index in [0.29, 0.717) is 6.54 Å². The largest absolute Gasteiger partial charge is 0.481 e. The van der Waals surface area contributed by atoms with Crippen LogP contribution >= 0.6 is 0 Å². The lowest BCUT2D eigenvalue weighted by Gasteiger charge is -2.13. The van der Waals surface area contributed by atoms with E-state index in [4.69, 9.17) is 10.8 Å². The summed E-state index contributed by atoms with van der Waals surface area (Å²) in [5.41, 5.74) is 8.01. The second kappa shape index (κ2) is 4.66. The van der Waals surface area contributed by atoms with E-state index < -0.39 is 5.97 Å². The van der Waals surface area contributed by atoms with Gasteiger partial charge in [-0.25, -0.2) is 0 Å². The SMILES string of the molecule is NCC(CC(=O)O)c1ccc(C2CC2)cc1. The Kier molecular flexibility index (Phi) is 3.25. The third-order valence-corrected chi connectivity index (χ3v) is 3.16. The molecule has 1 aliphatic rings. The molecule has 0 radical (unpaired) electrons. The Morgan fingerprint density at radius 2 is 2.00 bits per heavy atom. The van der Waals surface area contributed by atoms with E-state index in [2.05, 4.69) is 12.1 Å². The summed E-state index contributed by atoms with van der Waals surface area (Å²) >= 11 is 0. The van der Waals surface area contributed by atoms with Gasteiger partial charge in [-0.2, -0.15) is 0 Å². The predicted octanol–water partition coefficient (Wildman–Crippen LogP) is 2.08. The number of aliphatic carboxylic acids is 1. The number of carbonyl (C=O) groups is 1. The van der Waals surface area contributed by atoms with Crippen molar-refractivity contribution >= 4 is 5.97 Å². The third kappa shape index (κ3) is 2.61. The highest BCUT2D eigenvalue weighted by Crippen LogP contribution is 2.40. The molecule has 1 fully saturated rings. The van der Waals surface area contributed by atoms with Gasteiger partial charge in [-0.1, -0.05) is 24.3 Å². The molecule has 0 amide bonds.